The Balaban J connectivity index is 2.52. The van der Waals surface area contributed by atoms with E-state index in [-0.39, 0.29) is 11.9 Å². The Morgan fingerprint density at radius 3 is 2.67 bits per heavy atom. The van der Waals surface area contributed by atoms with Crippen LogP contribution in [0.25, 0.3) is 0 Å². The monoisotopic (exact) mass is 252 g/mol. The van der Waals surface area contributed by atoms with Crippen LogP contribution in [-0.2, 0) is 13.8 Å². The molecule has 0 aromatic carbocycles. The topological polar surface area (TPSA) is 76.0 Å². The van der Waals surface area contributed by atoms with Crippen molar-refractivity contribution in [3.8, 4) is 0 Å². The maximum Gasteiger partial charge on any atom is 0.325 e. The zero-order valence-corrected chi connectivity index (χ0v) is 10.3. The number of thioether (sulfide) groups is 1. The first-order chi connectivity index (χ1) is 6.85. The standard InChI is InChI=1S/C7H14BO5PS/c1-12-6-4(3-13-14(2,10)11)15-7(8)5(6)9/h4-7,9H,3H2,1-2H3,(H,10,11)/t4-,5?,6+,7-/m1/s1. The molecule has 0 amide bonds. The van der Waals surface area contributed by atoms with Gasteiger partial charge < -0.3 is 19.3 Å². The van der Waals surface area contributed by atoms with Crippen molar-refractivity contribution in [2.45, 2.75) is 22.6 Å². The molecule has 0 bridgehead atoms. The van der Waals surface area contributed by atoms with E-state index in [2.05, 4.69) is 0 Å². The summed E-state index contributed by atoms with van der Waals surface area (Å²) in [7, 11) is 3.60. The first kappa shape index (κ1) is 13.5. The molecule has 0 spiro atoms. The van der Waals surface area contributed by atoms with Crippen LogP contribution >= 0.6 is 19.4 Å². The van der Waals surface area contributed by atoms with E-state index in [0.29, 0.717) is 0 Å². The van der Waals surface area contributed by atoms with Crippen molar-refractivity contribution < 1.29 is 23.8 Å². The molecule has 0 aromatic heterocycles. The Hall–Kier alpha value is 0.485. The fourth-order valence-electron chi connectivity index (χ4n) is 1.40. The molecule has 1 aliphatic heterocycles. The van der Waals surface area contributed by atoms with Gasteiger partial charge in [-0.1, -0.05) is 0 Å². The molecule has 86 valence electrons. The maximum absolute atomic E-state index is 10.9. The van der Waals surface area contributed by atoms with Gasteiger partial charge in [0, 0.05) is 13.8 Å². The summed E-state index contributed by atoms with van der Waals surface area (Å²) in [4.78, 5) is 8.96. The van der Waals surface area contributed by atoms with E-state index in [9.17, 15) is 9.67 Å². The van der Waals surface area contributed by atoms with Gasteiger partial charge in [-0.05, 0) is 5.15 Å². The third-order valence-corrected chi connectivity index (χ3v) is 4.10. The van der Waals surface area contributed by atoms with Crippen LogP contribution in [0.5, 0.6) is 0 Å². The predicted molar refractivity (Wildman–Crippen MR) is 59.4 cm³/mol. The number of hydrogen-bond acceptors (Lipinski definition) is 5. The highest BCUT2D eigenvalue weighted by Crippen LogP contribution is 2.41. The minimum atomic E-state index is -3.49. The summed E-state index contributed by atoms with van der Waals surface area (Å²) in [5.74, 6) is 0. The molecule has 5 atom stereocenters. The molecule has 5 nitrogen and oxygen atoms in total. The minimum absolute atomic E-state index is 0.0399. The van der Waals surface area contributed by atoms with Gasteiger partial charge in [-0.25, -0.2) is 0 Å². The molecule has 8 heteroatoms. The number of methoxy groups -OCH3 is 1. The quantitative estimate of drug-likeness (QED) is 0.533. The normalized spacial score (nSPS) is 40.3. The fourth-order valence-corrected chi connectivity index (χ4v) is 3.23. The van der Waals surface area contributed by atoms with E-state index in [0.717, 1.165) is 6.66 Å². The molecule has 2 unspecified atom stereocenters. The molecule has 2 N–H and O–H groups in total. The van der Waals surface area contributed by atoms with Crippen molar-refractivity contribution in [1.82, 2.24) is 0 Å². The van der Waals surface area contributed by atoms with Crippen molar-refractivity contribution in [1.29, 1.82) is 0 Å². The van der Waals surface area contributed by atoms with Crippen molar-refractivity contribution in [3.63, 3.8) is 0 Å². The van der Waals surface area contributed by atoms with Crippen LogP contribution in [0.2, 0.25) is 0 Å². The van der Waals surface area contributed by atoms with Gasteiger partial charge in [0.2, 0.25) is 0 Å². The first-order valence-electron chi connectivity index (χ1n) is 4.42. The van der Waals surface area contributed by atoms with Crippen LogP contribution in [0.1, 0.15) is 0 Å². The third kappa shape index (κ3) is 3.77. The Kier molecular flexibility index (Phi) is 4.71. The number of ether oxygens (including phenoxy) is 1. The minimum Gasteiger partial charge on any atom is -0.390 e. The van der Waals surface area contributed by atoms with Crippen LogP contribution < -0.4 is 0 Å². The third-order valence-electron chi connectivity index (χ3n) is 2.12. The average Bonchev–Trinajstić information content (AvgIpc) is 2.38. The van der Waals surface area contributed by atoms with Crippen molar-refractivity contribution in [3.05, 3.63) is 0 Å². The molecule has 15 heavy (non-hydrogen) atoms. The molecule has 1 heterocycles. The zero-order chi connectivity index (χ0) is 11.6. The summed E-state index contributed by atoms with van der Waals surface area (Å²) in [6.45, 7) is 1.16. The van der Waals surface area contributed by atoms with Gasteiger partial charge in [0.1, 0.15) is 0 Å². The molecule has 0 aliphatic carbocycles. The lowest BCUT2D eigenvalue weighted by molar-refractivity contribution is -0.00273. The number of aliphatic hydroxyl groups excluding tert-OH is 1. The highest BCUT2D eigenvalue weighted by Gasteiger charge is 2.41. The van der Waals surface area contributed by atoms with E-state index in [1.807, 2.05) is 0 Å². The van der Waals surface area contributed by atoms with Crippen molar-refractivity contribution in [2.75, 3.05) is 20.4 Å². The van der Waals surface area contributed by atoms with Crippen LogP contribution in [0.15, 0.2) is 0 Å². The molecule has 0 aromatic rings. The lowest BCUT2D eigenvalue weighted by Gasteiger charge is -2.20. The maximum atomic E-state index is 10.9. The van der Waals surface area contributed by atoms with E-state index < -0.39 is 25.0 Å². The molecule has 1 fully saturated rings. The Morgan fingerprint density at radius 1 is 1.60 bits per heavy atom. The second-order valence-electron chi connectivity index (χ2n) is 3.43. The SMILES string of the molecule is [B][C@@H]1S[C@H](COP(C)(=O)O)[C@H](OC)C1O. The van der Waals surface area contributed by atoms with E-state index in [4.69, 9.17) is 22.0 Å². The first-order valence-corrected chi connectivity index (χ1v) is 7.38. The Morgan fingerprint density at radius 2 is 2.20 bits per heavy atom. The van der Waals surface area contributed by atoms with Gasteiger partial charge in [-0.2, -0.15) is 11.8 Å². The Bertz CT molecular complexity index is 260. The summed E-state index contributed by atoms with van der Waals surface area (Å²) in [6, 6.07) is 0. The molecule has 1 rings (SSSR count). The molecular weight excluding hydrogens is 238 g/mol. The van der Waals surface area contributed by atoms with Gasteiger partial charge in [-0.15, -0.1) is 0 Å². The van der Waals surface area contributed by atoms with E-state index in [1.165, 1.54) is 18.9 Å². The zero-order valence-electron chi connectivity index (χ0n) is 8.57. The Labute approximate surface area is 94.5 Å². The second kappa shape index (κ2) is 5.21. The fraction of sp³-hybridized carbons (Fsp3) is 1.00. The van der Waals surface area contributed by atoms with Crippen molar-refractivity contribution in [2.24, 2.45) is 0 Å². The average molecular weight is 252 g/mol. The second-order valence-corrected chi connectivity index (χ2v) is 6.71. The van der Waals surface area contributed by atoms with E-state index >= 15 is 0 Å². The molecule has 1 saturated heterocycles. The van der Waals surface area contributed by atoms with Gasteiger partial charge in [-0.3, -0.25) is 4.57 Å². The molecule has 2 radical (unpaired) electrons. The summed E-state index contributed by atoms with van der Waals surface area (Å²) < 4.78 is 20.8. The van der Waals surface area contributed by atoms with Gasteiger partial charge in [0.25, 0.3) is 0 Å². The number of hydrogen-bond donors (Lipinski definition) is 2. The highest BCUT2D eigenvalue weighted by atomic mass is 32.2. The molecular formula is C7H14BO5PS. The highest BCUT2D eigenvalue weighted by molar-refractivity contribution is 8.02. The predicted octanol–water partition coefficient (Wildman–Crippen LogP) is -0.196. The molecule has 0 saturated carbocycles. The largest absolute Gasteiger partial charge is 0.390 e. The smallest absolute Gasteiger partial charge is 0.325 e. The van der Waals surface area contributed by atoms with Crippen LogP contribution in [0.4, 0.5) is 0 Å². The van der Waals surface area contributed by atoms with Crippen molar-refractivity contribution >= 4 is 27.2 Å². The van der Waals surface area contributed by atoms with Gasteiger partial charge >= 0.3 is 7.60 Å². The lowest BCUT2D eigenvalue weighted by atomic mass is 9.94. The summed E-state index contributed by atoms with van der Waals surface area (Å²) in [5.41, 5.74) is 0. The van der Waals surface area contributed by atoms with Gasteiger partial charge in [0.05, 0.1) is 31.9 Å². The number of aliphatic hydroxyl groups is 1. The number of rotatable bonds is 4. The van der Waals surface area contributed by atoms with Gasteiger partial charge in [0.15, 0.2) is 0 Å². The summed E-state index contributed by atoms with van der Waals surface area (Å²) in [5, 5.41) is 8.93. The van der Waals surface area contributed by atoms with Crippen LogP contribution in [-0.4, -0.2) is 60.8 Å². The van der Waals surface area contributed by atoms with Crippen LogP contribution in [0.3, 0.4) is 0 Å². The lowest BCUT2D eigenvalue weighted by Crippen LogP contribution is -2.36. The summed E-state index contributed by atoms with van der Waals surface area (Å²) >= 11 is 1.29. The van der Waals surface area contributed by atoms with Crippen LogP contribution in [0, 0.1) is 0 Å². The summed E-state index contributed by atoms with van der Waals surface area (Å²) in [6.07, 6.45) is -1.24. The molecule has 1 aliphatic rings. The van der Waals surface area contributed by atoms with E-state index in [1.54, 1.807) is 0 Å².